The molecule has 2 nitrogen and oxygen atoms in total. The fourth-order valence-electron chi connectivity index (χ4n) is 1.20. The summed E-state index contributed by atoms with van der Waals surface area (Å²) >= 11 is 0. The zero-order chi connectivity index (χ0) is 10.6. The van der Waals surface area contributed by atoms with Crippen LogP contribution in [0.25, 0.3) is 0 Å². The maximum atomic E-state index is 5.11. The summed E-state index contributed by atoms with van der Waals surface area (Å²) in [5.74, 6) is 0.918. The van der Waals surface area contributed by atoms with E-state index in [1.54, 1.807) is 7.11 Å². The van der Waals surface area contributed by atoms with Crippen molar-refractivity contribution >= 4 is 0 Å². The number of hydrogen-bond acceptors (Lipinski definition) is 2. The summed E-state index contributed by atoms with van der Waals surface area (Å²) in [5, 5.41) is 0. The van der Waals surface area contributed by atoms with Crippen molar-refractivity contribution in [2.75, 3.05) is 14.2 Å². The summed E-state index contributed by atoms with van der Waals surface area (Å²) in [4.78, 5) is 2.31. The summed E-state index contributed by atoms with van der Waals surface area (Å²) in [5.41, 5.74) is 1.32. The first-order chi connectivity index (χ1) is 6.63. The Morgan fingerprint density at radius 2 is 1.79 bits per heavy atom. The second kappa shape index (κ2) is 5.01. The van der Waals surface area contributed by atoms with Crippen LogP contribution < -0.4 is 4.74 Å². The fourth-order valence-corrected chi connectivity index (χ4v) is 1.20. The van der Waals surface area contributed by atoms with Gasteiger partial charge in [0, 0.05) is 12.6 Å². The van der Waals surface area contributed by atoms with E-state index in [1.165, 1.54) is 5.56 Å². The van der Waals surface area contributed by atoms with Crippen LogP contribution in [0.5, 0.6) is 5.75 Å². The van der Waals surface area contributed by atoms with Gasteiger partial charge in [-0.05, 0) is 38.6 Å². The normalized spacial score (nSPS) is 11.0. The van der Waals surface area contributed by atoms with Crippen molar-refractivity contribution in [2.45, 2.75) is 26.4 Å². The third kappa shape index (κ3) is 3.04. The molecular formula is C12H19NO. The highest BCUT2D eigenvalue weighted by Crippen LogP contribution is 2.13. The molecule has 14 heavy (non-hydrogen) atoms. The van der Waals surface area contributed by atoms with Gasteiger partial charge in [0.05, 0.1) is 7.11 Å². The Balaban J connectivity index is 2.59. The average Bonchev–Trinajstić information content (AvgIpc) is 2.19. The van der Waals surface area contributed by atoms with Gasteiger partial charge in [-0.3, -0.25) is 4.90 Å². The minimum atomic E-state index is 0.581. The van der Waals surface area contributed by atoms with Crippen LogP contribution in [0.3, 0.4) is 0 Å². The molecule has 1 aromatic carbocycles. The van der Waals surface area contributed by atoms with Crippen molar-refractivity contribution in [1.29, 1.82) is 0 Å². The quantitative estimate of drug-likeness (QED) is 0.728. The van der Waals surface area contributed by atoms with Gasteiger partial charge in [-0.15, -0.1) is 0 Å². The first-order valence-electron chi connectivity index (χ1n) is 4.96. The molecule has 0 saturated carbocycles. The van der Waals surface area contributed by atoms with Gasteiger partial charge in [0.2, 0.25) is 0 Å². The Morgan fingerprint density at radius 1 is 1.21 bits per heavy atom. The first kappa shape index (κ1) is 11.1. The third-order valence-electron chi connectivity index (χ3n) is 2.47. The van der Waals surface area contributed by atoms with E-state index < -0.39 is 0 Å². The van der Waals surface area contributed by atoms with Gasteiger partial charge in [0.25, 0.3) is 0 Å². The minimum absolute atomic E-state index is 0.581. The zero-order valence-corrected chi connectivity index (χ0v) is 9.45. The molecule has 0 aliphatic rings. The van der Waals surface area contributed by atoms with E-state index in [-0.39, 0.29) is 0 Å². The predicted molar refractivity (Wildman–Crippen MR) is 59.6 cm³/mol. The molecular weight excluding hydrogens is 174 g/mol. The molecule has 0 radical (unpaired) electrons. The van der Waals surface area contributed by atoms with Crippen LogP contribution in [-0.2, 0) is 6.54 Å². The zero-order valence-electron chi connectivity index (χ0n) is 9.45. The van der Waals surface area contributed by atoms with Crippen LogP contribution in [0.15, 0.2) is 24.3 Å². The molecule has 0 aromatic heterocycles. The Bertz CT molecular complexity index is 266. The highest BCUT2D eigenvalue weighted by molar-refractivity contribution is 5.27. The molecule has 0 aliphatic carbocycles. The molecule has 0 bridgehead atoms. The van der Waals surface area contributed by atoms with E-state index in [4.69, 9.17) is 4.74 Å². The molecule has 2 heteroatoms. The summed E-state index contributed by atoms with van der Waals surface area (Å²) < 4.78 is 5.11. The van der Waals surface area contributed by atoms with Gasteiger partial charge in [-0.2, -0.15) is 0 Å². The van der Waals surface area contributed by atoms with Crippen molar-refractivity contribution in [3.05, 3.63) is 29.8 Å². The van der Waals surface area contributed by atoms with Crippen LogP contribution in [0, 0.1) is 0 Å². The molecule has 0 amide bonds. The van der Waals surface area contributed by atoms with E-state index in [1.807, 2.05) is 12.1 Å². The number of rotatable bonds is 4. The van der Waals surface area contributed by atoms with Gasteiger partial charge in [-0.25, -0.2) is 0 Å². The van der Waals surface area contributed by atoms with E-state index in [0.717, 1.165) is 12.3 Å². The van der Waals surface area contributed by atoms with Crippen molar-refractivity contribution in [3.8, 4) is 5.75 Å². The lowest BCUT2D eigenvalue weighted by atomic mass is 10.2. The average molecular weight is 193 g/mol. The Morgan fingerprint density at radius 3 is 2.21 bits per heavy atom. The molecule has 0 atom stereocenters. The second-order valence-electron chi connectivity index (χ2n) is 3.86. The van der Waals surface area contributed by atoms with Gasteiger partial charge < -0.3 is 4.74 Å². The maximum absolute atomic E-state index is 5.11. The second-order valence-corrected chi connectivity index (χ2v) is 3.86. The standard InChI is InChI=1S/C12H19NO/c1-10(2)13(3)9-11-5-7-12(14-4)8-6-11/h5-8,10H,9H2,1-4H3. The summed E-state index contributed by atoms with van der Waals surface area (Å²) in [6.45, 7) is 5.38. The van der Waals surface area contributed by atoms with Crippen molar-refractivity contribution < 1.29 is 4.74 Å². The van der Waals surface area contributed by atoms with Gasteiger partial charge in [0.1, 0.15) is 5.75 Å². The van der Waals surface area contributed by atoms with Crippen LogP contribution >= 0.6 is 0 Å². The molecule has 0 fully saturated rings. The summed E-state index contributed by atoms with van der Waals surface area (Å²) in [6.07, 6.45) is 0. The number of benzene rings is 1. The van der Waals surface area contributed by atoms with Crippen molar-refractivity contribution in [3.63, 3.8) is 0 Å². The molecule has 1 rings (SSSR count). The van der Waals surface area contributed by atoms with E-state index in [0.29, 0.717) is 6.04 Å². The van der Waals surface area contributed by atoms with E-state index >= 15 is 0 Å². The third-order valence-corrected chi connectivity index (χ3v) is 2.47. The molecule has 0 spiro atoms. The summed E-state index contributed by atoms with van der Waals surface area (Å²) in [7, 11) is 3.82. The van der Waals surface area contributed by atoms with Crippen LogP contribution in [0.1, 0.15) is 19.4 Å². The molecule has 0 heterocycles. The highest BCUT2D eigenvalue weighted by Gasteiger charge is 2.03. The molecule has 78 valence electrons. The molecule has 1 aromatic rings. The Kier molecular flexibility index (Phi) is 3.96. The lowest BCUT2D eigenvalue weighted by Crippen LogP contribution is -2.25. The maximum Gasteiger partial charge on any atom is 0.118 e. The monoisotopic (exact) mass is 193 g/mol. The number of ether oxygens (including phenoxy) is 1. The van der Waals surface area contributed by atoms with Crippen molar-refractivity contribution in [1.82, 2.24) is 4.90 Å². The fraction of sp³-hybridized carbons (Fsp3) is 0.500. The Labute approximate surface area is 86.5 Å². The molecule has 0 N–H and O–H groups in total. The SMILES string of the molecule is COc1ccc(CN(C)C(C)C)cc1. The molecule has 0 unspecified atom stereocenters. The largest absolute Gasteiger partial charge is 0.497 e. The lowest BCUT2D eigenvalue weighted by molar-refractivity contribution is 0.265. The summed E-state index contributed by atoms with van der Waals surface area (Å²) in [6, 6.07) is 8.81. The number of nitrogens with zero attached hydrogens (tertiary/aromatic N) is 1. The molecule has 0 aliphatic heterocycles. The van der Waals surface area contributed by atoms with Crippen LogP contribution in [0.2, 0.25) is 0 Å². The smallest absolute Gasteiger partial charge is 0.118 e. The Hall–Kier alpha value is -1.02. The molecule has 0 saturated heterocycles. The lowest BCUT2D eigenvalue weighted by Gasteiger charge is -2.20. The van der Waals surface area contributed by atoms with Gasteiger partial charge in [-0.1, -0.05) is 12.1 Å². The number of methoxy groups -OCH3 is 1. The number of hydrogen-bond donors (Lipinski definition) is 0. The van der Waals surface area contributed by atoms with E-state index in [9.17, 15) is 0 Å². The highest BCUT2D eigenvalue weighted by atomic mass is 16.5. The predicted octanol–water partition coefficient (Wildman–Crippen LogP) is 2.54. The van der Waals surface area contributed by atoms with Crippen molar-refractivity contribution in [2.24, 2.45) is 0 Å². The van der Waals surface area contributed by atoms with Crippen LogP contribution in [-0.4, -0.2) is 25.1 Å². The van der Waals surface area contributed by atoms with Crippen LogP contribution in [0.4, 0.5) is 0 Å². The van der Waals surface area contributed by atoms with Gasteiger partial charge >= 0.3 is 0 Å². The first-order valence-corrected chi connectivity index (χ1v) is 4.96. The minimum Gasteiger partial charge on any atom is -0.497 e. The van der Waals surface area contributed by atoms with E-state index in [2.05, 4.69) is 37.9 Å². The van der Waals surface area contributed by atoms with Gasteiger partial charge in [0.15, 0.2) is 0 Å². The topological polar surface area (TPSA) is 12.5 Å².